The minimum Gasteiger partial charge on any atom is -0.392 e. The Bertz CT molecular complexity index is 2070. The van der Waals surface area contributed by atoms with Gasteiger partial charge in [-0.25, -0.2) is 4.98 Å². The van der Waals surface area contributed by atoms with Crippen LogP contribution < -0.4 is 5.32 Å². The zero-order valence-electron chi connectivity index (χ0n) is 30.3. The maximum absolute atomic E-state index is 13.0. The molecular formula is C44H48N4O4. The number of fused-ring (bicyclic) bond motifs is 3. The van der Waals surface area contributed by atoms with Crippen LogP contribution in [-0.4, -0.2) is 51.1 Å². The summed E-state index contributed by atoms with van der Waals surface area (Å²) in [4.78, 5) is 24.5. The molecule has 2 aliphatic heterocycles. The molecule has 1 saturated carbocycles. The third-order valence-electron chi connectivity index (χ3n) is 11.1. The molecule has 5 aromatic rings. The molecule has 0 radical (unpaired) electrons. The van der Waals surface area contributed by atoms with E-state index in [0.29, 0.717) is 34.6 Å². The summed E-state index contributed by atoms with van der Waals surface area (Å²) < 4.78 is 13.6. The fourth-order valence-corrected chi connectivity index (χ4v) is 9.15. The van der Waals surface area contributed by atoms with Crippen LogP contribution in [0.4, 0.5) is 0 Å². The van der Waals surface area contributed by atoms with Crippen LogP contribution >= 0.6 is 0 Å². The van der Waals surface area contributed by atoms with Gasteiger partial charge >= 0.3 is 0 Å². The van der Waals surface area contributed by atoms with Gasteiger partial charge in [-0.05, 0) is 82.2 Å². The van der Waals surface area contributed by atoms with Crippen LogP contribution in [0.2, 0.25) is 0 Å². The number of hydrogen-bond acceptors (Lipinski definition) is 7. The van der Waals surface area contributed by atoms with Crippen molar-refractivity contribution in [2.75, 3.05) is 13.1 Å². The number of carbonyl (C=O) groups is 1. The minimum absolute atomic E-state index is 0.00946. The van der Waals surface area contributed by atoms with Gasteiger partial charge in [-0.1, -0.05) is 93.6 Å². The molecule has 8 heteroatoms. The monoisotopic (exact) mass is 696 g/mol. The van der Waals surface area contributed by atoms with Crippen LogP contribution in [0.1, 0.15) is 91.6 Å². The Hall–Kier alpha value is -4.47. The van der Waals surface area contributed by atoms with Crippen molar-refractivity contribution in [3.05, 3.63) is 131 Å². The number of amides is 1. The van der Waals surface area contributed by atoms with E-state index in [-0.39, 0.29) is 24.7 Å². The van der Waals surface area contributed by atoms with Gasteiger partial charge in [0.25, 0.3) is 5.91 Å². The normalized spacial score (nSPS) is 25.6. The van der Waals surface area contributed by atoms with E-state index in [4.69, 9.17) is 9.47 Å². The minimum atomic E-state index is -0.527. The highest BCUT2D eigenvalue weighted by Gasteiger charge is 2.50. The molecule has 1 aliphatic carbocycles. The molecule has 52 heavy (non-hydrogen) atoms. The quantitative estimate of drug-likeness (QED) is 0.161. The number of hydrogen-bond donors (Lipinski definition) is 2. The third-order valence-corrected chi connectivity index (χ3v) is 11.1. The van der Waals surface area contributed by atoms with Crippen LogP contribution in [0.25, 0.3) is 22.2 Å². The lowest BCUT2D eigenvalue weighted by Crippen LogP contribution is -2.42. The van der Waals surface area contributed by atoms with Crippen molar-refractivity contribution in [3.63, 3.8) is 0 Å². The topological polar surface area (TPSA) is 96.8 Å². The van der Waals surface area contributed by atoms with Gasteiger partial charge in [-0.2, -0.15) is 0 Å². The number of rotatable bonds is 9. The molecular weight excluding hydrogens is 649 g/mol. The van der Waals surface area contributed by atoms with E-state index in [0.717, 1.165) is 58.4 Å². The molecule has 268 valence electrons. The molecule has 3 heterocycles. The van der Waals surface area contributed by atoms with Gasteiger partial charge < -0.3 is 19.9 Å². The Morgan fingerprint density at radius 3 is 2.44 bits per heavy atom. The molecule has 8 nitrogen and oxygen atoms in total. The standard InChI is InChI=1S/C44H48N4O4/c1-43(2)21-35-22-44(3,27-43)28-48(35)25-36-20-40(31-16-14-29(26-49)15-17-31)52-42(51-36)34-11-7-10-33(19-34)32-9-6-8-30(18-32)23-46-41(50)39-24-45-37-12-4-5-13-38(37)47-39/h4-19,24,35-36,40,42,49H,20-23,25-28H2,1-3H3,(H,46,50)/t35?,36-,40+,42+,44?/m0/s1. The number of para-hydroxylation sites is 2. The van der Waals surface area contributed by atoms with Gasteiger partial charge in [0.05, 0.1) is 36.0 Å². The SMILES string of the molecule is CC1(C)CC2CC(C)(CN2C[C@@H]2C[C@H](c3ccc(CO)cc3)O[C@H](c3cccc(-c4cccc(CNC(=O)c5cnc6ccccc6n5)c4)c3)O2)C1. The molecule has 0 spiro atoms. The second-order valence-corrected chi connectivity index (χ2v) is 16.2. The number of ether oxygens (including phenoxy) is 2. The van der Waals surface area contributed by atoms with Crippen LogP contribution in [-0.2, 0) is 22.6 Å². The van der Waals surface area contributed by atoms with Gasteiger partial charge in [0.2, 0.25) is 0 Å². The fourth-order valence-electron chi connectivity index (χ4n) is 9.15. The first-order chi connectivity index (χ1) is 25.1. The van der Waals surface area contributed by atoms with Gasteiger partial charge in [0.1, 0.15) is 5.69 Å². The summed E-state index contributed by atoms with van der Waals surface area (Å²) in [5.74, 6) is -0.262. The lowest BCUT2D eigenvalue weighted by molar-refractivity contribution is -0.253. The second-order valence-electron chi connectivity index (χ2n) is 16.2. The summed E-state index contributed by atoms with van der Waals surface area (Å²) in [5, 5.41) is 12.7. The van der Waals surface area contributed by atoms with Gasteiger partial charge in [-0.15, -0.1) is 0 Å². The van der Waals surface area contributed by atoms with E-state index in [2.05, 4.69) is 89.5 Å². The van der Waals surface area contributed by atoms with Crippen LogP contribution in [0, 0.1) is 10.8 Å². The van der Waals surface area contributed by atoms with Crippen molar-refractivity contribution in [2.45, 2.75) is 84.1 Å². The highest BCUT2D eigenvalue weighted by molar-refractivity contribution is 5.93. The molecule has 1 aromatic heterocycles. The number of carbonyl (C=O) groups excluding carboxylic acids is 1. The van der Waals surface area contributed by atoms with E-state index >= 15 is 0 Å². The van der Waals surface area contributed by atoms with Crippen LogP contribution in [0.3, 0.4) is 0 Å². The van der Waals surface area contributed by atoms with Gasteiger partial charge in [0.15, 0.2) is 6.29 Å². The van der Waals surface area contributed by atoms with E-state index in [1.165, 1.54) is 25.5 Å². The first-order valence-electron chi connectivity index (χ1n) is 18.6. The second kappa shape index (κ2) is 14.2. The van der Waals surface area contributed by atoms with Crippen molar-refractivity contribution >= 4 is 16.9 Å². The predicted octanol–water partition coefficient (Wildman–Crippen LogP) is 8.17. The summed E-state index contributed by atoms with van der Waals surface area (Å²) in [5.41, 5.74) is 8.49. The Kier molecular flexibility index (Phi) is 9.42. The maximum Gasteiger partial charge on any atom is 0.271 e. The lowest BCUT2D eigenvalue weighted by atomic mass is 9.65. The number of aromatic nitrogens is 2. The van der Waals surface area contributed by atoms with Crippen molar-refractivity contribution in [1.29, 1.82) is 0 Å². The fraction of sp³-hybridized carbons (Fsp3) is 0.386. The summed E-state index contributed by atoms with van der Waals surface area (Å²) in [6.45, 7) is 9.70. The largest absolute Gasteiger partial charge is 0.392 e. The van der Waals surface area contributed by atoms with E-state index in [1.807, 2.05) is 48.5 Å². The molecule has 3 fully saturated rings. The number of aliphatic hydroxyl groups excluding tert-OH is 1. The molecule has 8 rings (SSSR count). The van der Waals surface area contributed by atoms with Crippen molar-refractivity contribution < 1.29 is 19.4 Å². The zero-order chi connectivity index (χ0) is 35.9. The Labute approximate surface area is 306 Å². The van der Waals surface area contributed by atoms with E-state index in [9.17, 15) is 9.90 Å². The molecule has 2 bridgehead atoms. The molecule has 2 unspecified atom stereocenters. The van der Waals surface area contributed by atoms with E-state index in [1.54, 1.807) is 0 Å². The first-order valence-corrected chi connectivity index (χ1v) is 18.6. The Morgan fingerprint density at radius 2 is 1.63 bits per heavy atom. The number of benzene rings is 4. The molecule has 2 saturated heterocycles. The lowest BCUT2D eigenvalue weighted by Gasteiger charge is -2.41. The number of likely N-dealkylation sites (tertiary alicyclic amines) is 1. The molecule has 4 aromatic carbocycles. The zero-order valence-corrected chi connectivity index (χ0v) is 30.3. The maximum atomic E-state index is 13.0. The van der Waals surface area contributed by atoms with Gasteiger partial charge in [0, 0.05) is 37.7 Å². The summed E-state index contributed by atoms with van der Waals surface area (Å²) in [7, 11) is 0. The molecule has 2 N–H and O–H groups in total. The average molecular weight is 697 g/mol. The van der Waals surface area contributed by atoms with Gasteiger partial charge in [-0.3, -0.25) is 14.7 Å². The third kappa shape index (κ3) is 7.53. The molecule has 5 atom stereocenters. The van der Waals surface area contributed by atoms with Crippen LogP contribution in [0.15, 0.2) is 103 Å². The highest BCUT2D eigenvalue weighted by Crippen LogP contribution is 2.53. The summed E-state index contributed by atoms with van der Waals surface area (Å²) in [6, 6.07) is 32.9. The van der Waals surface area contributed by atoms with Crippen molar-refractivity contribution in [2.24, 2.45) is 10.8 Å². The average Bonchev–Trinajstić information content (AvgIpc) is 3.40. The highest BCUT2D eigenvalue weighted by atomic mass is 16.7. The van der Waals surface area contributed by atoms with Crippen LogP contribution in [0.5, 0.6) is 0 Å². The predicted molar refractivity (Wildman–Crippen MR) is 202 cm³/mol. The van der Waals surface area contributed by atoms with E-state index < -0.39 is 6.29 Å². The molecule has 3 aliphatic rings. The van der Waals surface area contributed by atoms with Crippen molar-refractivity contribution in [1.82, 2.24) is 20.2 Å². The number of aliphatic hydroxyl groups is 1. The number of nitrogens with one attached hydrogen (secondary N) is 1. The smallest absolute Gasteiger partial charge is 0.271 e. The Morgan fingerprint density at radius 1 is 0.865 bits per heavy atom. The number of nitrogens with zero attached hydrogens (tertiary/aromatic N) is 3. The van der Waals surface area contributed by atoms with Crippen molar-refractivity contribution in [3.8, 4) is 11.1 Å². The summed E-state index contributed by atoms with van der Waals surface area (Å²) >= 11 is 0. The Balaban J connectivity index is 0.999. The first kappa shape index (κ1) is 34.6. The summed E-state index contributed by atoms with van der Waals surface area (Å²) in [6.07, 6.45) is 5.40. The molecule has 1 amide bonds.